The summed E-state index contributed by atoms with van der Waals surface area (Å²) in [4.78, 5) is 29.9. The Bertz CT molecular complexity index is 1250. The highest BCUT2D eigenvalue weighted by atomic mass is 32.1. The molecule has 0 aliphatic carbocycles. The lowest BCUT2D eigenvalue weighted by Gasteiger charge is -2.16. The van der Waals surface area contributed by atoms with E-state index in [9.17, 15) is 9.59 Å². The van der Waals surface area contributed by atoms with Gasteiger partial charge in [0, 0.05) is 12.0 Å². The number of para-hydroxylation sites is 1. The lowest BCUT2D eigenvalue weighted by Crippen LogP contribution is -2.33. The number of ether oxygens (including phenoxy) is 2. The van der Waals surface area contributed by atoms with E-state index in [0.29, 0.717) is 29.5 Å². The minimum atomic E-state index is -0.975. The molecule has 0 aromatic heterocycles. The number of benzene rings is 3. The molecule has 7 nitrogen and oxygen atoms in total. The van der Waals surface area contributed by atoms with Gasteiger partial charge in [-0.05, 0) is 67.2 Å². The monoisotopic (exact) mass is 474 g/mol. The third-order valence-electron chi connectivity index (χ3n) is 5.20. The normalized spacial score (nSPS) is 13.1. The summed E-state index contributed by atoms with van der Waals surface area (Å²) in [7, 11) is 0. The largest absolute Gasteiger partial charge is 0.494 e. The van der Waals surface area contributed by atoms with Crippen molar-refractivity contribution in [1.82, 2.24) is 0 Å². The number of aromatic carboxylic acids is 1. The number of anilines is 1. The van der Waals surface area contributed by atoms with Crippen LogP contribution in [0.1, 0.15) is 28.4 Å². The lowest BCUT2D eigenvalue weighted by molar-refractivity contribution is -0.111. The molecular formula is C26H22N2O5S. The number of carboxylic acids is 1. The molecule has 0 fully saturated rings. The third kappa shape index (κ3) is 5.13. The zero-order valence-corrected chi connectivity index (χ0v) is 19.2. The molecule has 3 aromatic carbocycles. The van der Waals surface area contributed by atoms with E-state index in [0.717, 1.165) is 11.1 Å². The average Bonchev–Trinajstić information content (AvgIpc) is 3.12. The van der Waals surface area contributed by atoms with Crippen LogP contribution in [0.2, 0.25) is 0 Å². The molecule has 0 saturated carbocycles. The number of hydrogen-bond acceptors (Lipinski definition) is 5. The van der Waals surface area contributed by atoms with Crippen molar-refractivity contribution in [2.45, 2.75) is 20.0 Å². The molecule has 172 valence electrons. The topological polar surface area (TPSA) is 88.4 Å². The van der Waals surface area contributed by atoms with Gasteiger partial charge in [-0.2, -0.15) is 0 Å². The smallest absolute Gasteiger partial charge is 0.335 e. The van der Waals surface area contributed by atoms with Gasteiger partial charge in [-0.1, -0.05) is 30.3 Å². The fourth-order valence-corrected chi connectivity index (χ4v) is 3.80. The van der Waals surface area contributed by atoms with E-state index in [4.69, 9.17) is 26.8 Å². The molecule has 1 amide bonds. The number of nitrogens with zero attached hydrogens (tertiary/aromatic N) is 2. The van der Waals surface area contributed by atoms with Crippen molar-refractivity contribution < 1.29 is 24.2 Å². The summed E-state index contributed by atoms with van der Waals surface area (Å²) < 4.78 is 11.4. The van der Waals surface area contributed by atoms with Crippen LogP contribution in [0.5, 0.6) is 11.5 Å². The molecule has 1 N–H and O–H groups in total. The number of carbonyl (C=O) groups excluding carboxylic acids is 1. The van der Waals surface area contributed by atoms with Gasteiger partial charge in [-0.3, -0.25) is 9.69 Å². The Morgan fingerprint density at radius 2 is 1.71 bits per heavy atom. The Morgan fingerprint density at radius 1 is 1.00 bits per heavy atom. The van der Waals surface area contributed by atoms with Crippen LogP contribution in [0.25, 0.3) is 0 Å². The first kappa shape index (κ1) is 23.1. The van der Waals surface area contributed by atoms with E-state index < -0.39 is 5.97 Å². The van der Waals surface area contributed by atoms with Gasteiger partial charge < -0.3 is 14.6 Å². The van der Waals surface area contributed by atoms with Crippen molar-refractivity contribution in [3.8, 4) is 11.5 Å². The van der Waals surface area contributed by atoms with E-state index >= 15 is 0 Å². The van der Waals surface area contributed by atoms with Crippen LogP contribution in [0, 0.1) is 0 Å². The molecule has 3 aromatic rings. The molecule has 0 spiro atoms. The third-order valence-corrected chi connectivity index (χ3v) is 5.48. The summed E-state index contributed by atoms with van der Waals surface area (Å²) in [6, 6.07) is 21.1. The van der Waals surface area contributed by atoms with Crippen molar-refractivity contribution >= 4 is 40.6 Å². The molecule has 1 heterocycles. The molecule has 1 aliphatic rings. The number of aliphatic imine (C=N–C) groups is 1. The predicted octanol–water partition coefficient (Wildman–Crippen LogP) is 4.68. The van der Waals surface area contributed by atoms with Gasteiger partial charge in [0.15, 0.2) is 0 Å². The number of carboxylic acid groups (broad SMARTS) is 1. The Hall–Kier alpha value is -4.04. The van der Waals surface area contributed by atoms with Crippen LogP contribution in [0.3, 0.4) is 0 Å². The Kier molecular flexibility index (Phi) is 6.98. The molecular weight excluding hydrogens is 452 g/mol. The highest BCUT2D eigenvalue weighted by Gasteiger charge is 2.32. The van der Waals surface area contributed by atoms with Crippen LogP contribution in [0.15, 0.2) is 77.8 Å². The maximum Gasteiger partial charge on any atom is 0.335 e. The van der Waals surface area contributed by atoms with E-state index in [2.05, 4.69) is 4.99 Å². The number of thiocarbonyl (C=S) groups is 1. The van der Waals surface area contributed by atoms with E-state index in [1.165, 1.54) is 17.0 Å². The first-order valence-electron chi connectivity index (χ1n) is 10.7. The standard InChI is InChI=1S/C26H22N2O5S/c1-2-32-21-13-11-20(12-14-21)28-24(29)22(27-26(28)34)15-19-5-3-4-6-23(19)33-16-17-7-9-18(10-8-17)25(30)31/h3-14H,2,15-16H2,1H3,(H,30,31). The van der Waals surface area contributed by atoms with Crippen LogP contribution < -0.4 is 14.4 Å². The van der Waals surface area contributed by atoms with Gasteiger partial charge in [0.05, 0.1) is 17.9 Å². The predicted molar refractivity (Wildman–Crippen MR) is 133 cm³/mol. The zero-order valence-electron chi connectivity index (χ0n) is 18.4. The molecule has 4 rings (SSSR count). The number of rotatable bonds is 9. The van der Waals surface area contributed by atoms with Crippen LogP contribution >= 0.6 is 12.2 Å². The quantitative estimate of drug-likeness (QED) is 0.453. The molecule has 0 bridgehead atoms. The first-order valence-corrected chi connectivity index (χ1v) is 11.1. The van der Waals surface area contributed by atoms with E-state index in [1.807, 2.05) is 31.2 Å². The fraction of sp³-hybridized carbons (Fsp3) is 0.154. The summed E-state index contributed by atoms with van der Waals surface area (Å²) in [6.45, 7) is 2.72. The van der Waals surface area contributed by atoms with Gasteiger partial charge in [0.25, 0.3) is 5.91 Å². The summed E-state index contributed by atoms with van der Waals surface area (Å²) in [5.41, 5.74) is 2.81. The minimum absolute atomic E-state index is 0.195. The highest BCUT2D eigenvalue weighted by molar-refractivity contribution is 7.80. The molecule has 1 aliphatic heterocycles. The van der Waals surface area contributed by atoms with Gasteiger partial charge >= 0.3 is 5.97 Å². The summed E-state index contributed by atoms with van der Waals surface area (Å²) in [5.74, 6) is 0.0876. The van der Waals surface area contributed by atoms with Gasteiger partial charge in [0.1, 0.15) is 23.8 Å². The van der Waals surface area contributed by atoms with Crippen molar-refractivity contribution in [3.63, 3.8) is 0 Å². The zero-order chi connectivity index (χ0) is 24.1. The SMILES string of the molecule is CCOc1ccc(N2C(=O)C(Cc3ccccc3OCc3ccc(C(=O)O)cc3)=NC2=S)cc1. The summed E-state index contributed by atoms with van der Waals surface area (Å²) >= 11 is 5.37. The van der Waals surface area contributed by atoms with Gasteiger partial charge in [-0.25, -0.2) is 9.79 Å². The van der Waals surface area contributed by atoms with Crippen molar-refractivity contribution in [2.24, 2.45) is 4.99 Å². The summed E-state index contributed by atoms with van der Waals surface area (Å²) in [6.07, 6.45) is 0.265. The van der Waals surface area contributed by atoms with Gasteiger partial charge in [-0.15, -0.1) is 0 Å². The van der Waals surface area contributed by atoms with Crippen LogP contribution in [-0.2, 0) is 17.8 Å². The Labute approximate surface area is 202 Å². The van der Waals surface area contributed by atoms with Crippen molar-refractivity contribution in [3.05, 3.63) is 89.5 Å². The average molecular weight is 475 g/mol. The molecule has 34 heavy (non-hydrogen) atoms. The number of hydrogen-bond donors (Lipinski definition) is 1. The van der Waals surface area contributed by atoms with Crippen LogP contribution in [0.4, 0.5) is 5.69 Å². The molecule has 0 atom stereocenters. The minimum Gasteiger partial charge on any atom is -0.494 e. The maximum absolute atomic E-state index is 13.1. The van der Waals surface area contributed by atoms with Crippen molar-refractivity contribution in [2.75, 3.05) is 11.5 Å². The molecule has 0 radical (unpaired) electrons. The second-order valence-corrected chi connectivity index (χ2v) is 7.85. The van der Waals surface area contributed by atoms with Crippen LogP contribution in [-0.4, -0.2) is 34.4 Å². The van der Waals surface area contributed by atoms with Gasteiger partial charge in [0.2, 0.25) is 5.11 Å². The number of amides is 1. The Balaban J connectivity index is 1.45. The lowest BCUT2D eigenvalue weighted by atomic mass is 10.1. The van der Waals surface area contributed by atoms with E-state index in [-0.39, 0.29) is 29.6 Å². The molecule has 8 heteroatoms. The second-order valence-electron chi connectivity index (χ2n) is 7.48. The Morgan fingerprint density at radius 3 is 2.38 bits per heavy atom. The highest BCUT2D eigenvalue weighted by Crippen LogP contribution is 2.26. The fourth-order valence-electron chi connectivity index (χ4n) is 3.51. The summed E-state index contributed by atoms with van der Waals surface area (Å²) in [5, 5.41) is 9.23. The first-order chi connectivity index (χ1) is 16.5. The van der Waals surface area contributed by atoms with E-state index in [1.54, 1.807) is 36.4 Å². The second kappa shape index (κ2) is 10.3. The number of carbonyl (C=O) groups is 2. The van der Waals surface area contributed by atoms with Crippen molar-refractivity contribution in [1.29, 1.82) is 0 Å². The molecule has 0 unspecified atom stereocenters. The molecule has 0 saturated heterocycles. The maximum atomic E-state index is 13.1.